The molecule has 0 saturated heterocycles. The summed E-state index contributed by atoms with van der Waals surface area (Å²) in [5.74, 6) is 6.01. The van der Waals surface area contributed by atoms with Crippen molar-refractivity contribution in [1.29, 1.82) is 0 Å². The van der Waals surface area contributed by atoms with E-state index in [0.29, 0.717) is 10.6 Å². The molecule has 17 heavy (non-hydrogen) atoms. The molecule has 1 heterocycles. The third kappa shape index (κ3) is 3.78. The number of thioether (sulfide) groups is 1. The van der Waals surface area contributed by atoms with Crippen molar-refractivity contribution in [1.82, 2.24) is 4.98 Å². The molecule has 0 radical (unpaired) electrons. The quantitative estimate of drug-likeness (QED) is 0.516. The maximum Gasteiger partial charge on any atom is 0.141 e. The van der Waals surface area contributed by atoms with Gasteiger partial charge in [0.05, 0.1) is 0 Å². The number of nitrogen functional groups attached to an aromatic ring is 1. The fraction of sp³-hybridized carbons (Fsp3) is 0.583. The van der Waals surface area contributed by atoms with E-state index in [1.165, 1.54) is 0 Å². The van der Waals surface area contributed by atoms with E-state index in [-0.39, 0.29) is 0 Å². The van der Waals surface area contributed by atoms with Crippen LogP contribution in [0.5, 0.6) is 0 Å². The topological polar surface area (TPSA) is 63.0 Å². The third-order valence-electron chi connectivity index (χ3n) is 3.24. The van der Waals surface area contributed by atoms with Crippen molar-refractivity contribution in [3.63, 3.8) is 0 Å². The smallest absolute Gasteiger partial charge is 0.141 e. The van der Waals surface area contributed by atoms with Gasteiger partial charge in [-0.2, -0.15) is 11.8 Å². The Morgan fingerprint density at radius 1 is 1.41 bits per heavy atom. The van der Waals surface area contributed by atoms with Crippen molar-refractivity contribution >= 4 is 23.3 Å². The molecule has 0 fully saturated rings. The van der Waals surface area contributed by atoms with Crippen LogP contribution < -0.4 is 16.6 Å². The number of rotatable bonds is 7. The summed E-state index contributed by atoms with van der Waals surface area (Å²) in [4.78, 5) is 4.08. The number of nitrogens with zero attached hydrogens (tertiary/aromatic N) is 1. The molecule has 0 bridgehead atoms. The minimum Gasteiger partial charge on any atom is -0.383 e. The second kappa shape index (κ2) is 6.71. The predicted molar refractivity (Wildman–Crippen MR) is 77.4 cm³/mol. The normalized spacial score (nSPS) is 11.3. The molecule has 4 nitrogen and oxygen atoms in total. The van der Waals surface area contributed by atoms with Crippen molar-refractivity contribution in [3.05, 3.63) is 18.3 Å². The number of pyridine rings is 1. The first-order valence-electron chi connectivity index (χ1n) is 5.91. The standard InChI is InChI=1S/C12H22N4S/c1-4-12(5-2,17-3)9-15-10-6-7-14-11(8-10)16-13/h6-8H,4-5,9,13H2,1-3H3,(H2,14,15,16). The number of anilines is 2. The van der Waals surface area contributed by atoms with Gasteiger partial charge in [0.15, 0.2) is 0 Å². The Morgan fingerprint density at radius 3 is 2.65 bits per heavy atom. The number of nitrogens with two attached hydrogens (primary N) is 1. The summed E-state index contributed by atoms with van der Waals surface area (Å²) in [7, 11) is 0. The highest BCUT2D eigenvalue weighted by Gasteiger charge is 2.24. The minimum atomic E-state index is 0.305. The first kappa shape index (κ1) is 14.1. The zero-order valence-corrected chi connectivity index (χ0v) is 11.6. The predicted octanol–water partition coefficient (Wildman–Crippen LogP) is 2.70. The summed E-state index contributed by atoms with van der Waals surface area (Å²) < 4.78 is 0.305. The van der Waals surface area contributed by atoms with Crippen molar-refractivity contribution in [2.24, 2.45) is 5.84 Å². The summed E-state index contributed by atoms with van der Waals surface area (Å²) in [6.45, 7) is 5.43. The van der Waals surface area contributed by atoms with E-state index in [4.69, 9.17) is 5.84 Å². The Labute approximate surface area is 108 Å². The highest BCUT2D eigenvalue weighted by Crippen LogP contribution is 2.30. The molecule has 0 unspecified atom stereocenters. The molecule has 0 aliphatic heterocycles. The largest absolute Gasteiger partial charge is 0.383 e. The van der Waals surface area contributed by atoms with Gasteiger partial charge in [-0.3, -0.25) is 0 Å². The Morgan fingerprint density at radius 2 is 2.12 bits per heavy atom. The second-order valence-electron chi connectivity index (χ2n) is 4.02. The Bertz CT molecular complexity index is 331. The van der Waals surface area contributed by atoms with E-state index >= 15 is 0 Å². The lowest BCUT2D eigenvalue weighted by Gasteiger charge is -2.30. The van der Waals surface area contributed by atoms with E-state index in [2.05, 4.69) is 35.8 Å². The number of aromatic nitrogens is 1. The monoisotopic (exact) mass is 254 g/mol. The Balaban J connectivity index is 2.65. The maximum atomic E-state index is 5.33. The third-order valence-corrected chi connectivity index (χ3v) is 4.83. The Kier molecular flexibility index (Phi) is 5.58. The van der Waals surface area contributed by atoms with E-state index in [0.717, 1.165) is 25.1 Å². The SMILES string of the molecule is CCC(CC)(CNc1ccnc(NN)c1)SC. The number of hydrogen-bond acceptors (Lipinski definition) is 5. The highest BCUT2D eigenvalue weighted by molar-refractivity contribution is 8.00. The molecule has 1 aromatic rings. The summed E-state index contributed by atoms with van der Waals surface area (Å²) in [5.41, 5.74) is 3.60. The number of hydrazine groups is 1. The lowest BCUT2D eigenvalue weighted by molar-refractivity contribution is 0.575. The van der Waals surface area contributed by atoms with Gasteiger partial charge in [-0.05, 0) is 25.2 Å². The van der Waals surface area contributed by atoms with Crippen LogP contribution in [0.1, 0.15) is 26.7 Å². The molecule has 4 N–H and O–H groups in total. The summed E-state index contributed by atoms with van der Waals surface area (Å²) in [6, 6.07) is 3.87. The van der Waals surface area contributed by atoms with Gasteiger partial charge in [0, 0.05) is 29.2 Å². The molecule has 0 saturated carbocycles. The van der Waals surface area contributed by atoms with Crippen molar-refractivity contribution in [3.8, 4) is 0 Å². The van der Waals surface area contributed by atoms with E-state index in [1.807, 2.05) is 23.9 Å². The first-order chi connectivity index (χ1) is 8.19. The van der Waals surface area contributed by atoms with Crippen LogP contribution >= 0.6 is 11.8 Å². The van der Waals surface area contributed by atoms with E-state index < -0.39 is 0 Å². The van der Waals surface area contributed by atoms with Crippen LogP contribution in [0.3, 0.4) is 0 Å². The van der Waals surface area contributed by atoms with Gasteiger partial charge in [0.1, 0.15) is 5.82 Å². The summed E-state index contributed by atoms with van der Waals surface area (Å²) in [5, 5.41) is 3.46. The van der Waals surface area contributed by atoms with Crippen LogP contribution in [0.2, 0.25) is 0 Å². The van der Waals surface area contributed by atoms with Crippen LogP contribution in [0.25, 0.3) is 0 Å². The van der Waals surface area contributed by atoms with Crippen molar-refractivity contribution in [2.75, 3.05) is 23.5 Å². The van der Waals surface area contributed by atoms with E-state index in [9.17, 15) is 0 Å². The van der Waals surface area contributed by atoms with Crippen LogP contribution in [0.15, 0.2) is 18.3 Å². The van der Waals surface area contributed by atoms with Gasteiger partial charge in [-0.1, -0.05) is 13.8 Å². The number of nitrogens with one attached hydrogen (secondary N) is 2. The van der Waals surface area contributed by atoms with Gasteiger partial charge in [-0.25, -0.2) is 10.8 Å². The van der Waals surface area contributed by atoms with Gasteiger partial charge in [0.2, 0.25) is 0 Å². The molecule has 1 rings (SSSR count). The molecule has 0 amide bonds. The Hall–Kier alpha value is -0.940. The molecule has 5 heteroatoms. The highest BCUT2D eigenvalue weighted by atomic mass is 32.2. The second-order valence-corrected chi connectivity index (χ2v) is 5.30. The molecule has 0 aliphatic carbocycles. The molecule has 1 aromatic heterocycles. The van der Waals surface area contributed by atoms with Gasteiger partial charge in [0.25, 0.3) is 0 Å². The zero-order chi connectivity index (χ0) is 12.7. The first-order valence-corrected chi connectivity index (χ1v) is 7.14. The van der Waals surface area contributed by atoms with Crippen molar-refractivity contribution in [2.45, 2.75) is 31.4 Å². The average molecular weight is 254 g/mol. The molecule has 0 aromatic carbocycles. The van der Waals surface area contributed by atoms with Gasteiger partial charge < -0.3 is 10.7 Å². The minimum absolute atomic E-state index is 0.305. The molecular weight excluding hydrogens is 232 g/mol. The number of hydrogen-bond donors (Lipinski definition) is 3. The lowest BCUT2D eigenvalue weighted by atomic mass is 10.0. The zero-order valence-electron chi connectivity index (χ0n) is 10.8. The maximum absolute atomic E-state index is 5.33. The van der Waals surface area contributed by atoms with Crippen LogP contribution in [0, 0.1) is 0 Å². The molecule has 0 atom stereocenters. The molecule has 0 aliphatic rings. The van der Waals surface area contributed by atoms with Crippen molar-refractivity contribution < 1.29 is 0 Å². The van der Waals surface area contributed by atoms with Crippen LogP contribution in [-0.2, 0) is 0 Å². The fourth-order valence-electron chi connectivity index (χ4n) is 1.74. The summed E-state index contributed by atoms with van der Waals surface area (Å²) >= 11 is 1.93. The van der Waals surface area contributed by atoms with Gasteiger partial charge >= 0.3 is 0 Å². The average Bonchev–Trinajstić information content (AvgIpc) is 2.41. The van der Waals surface area contributed by atoms with E-state index in [1.54, 1.807) is 6.20 Å². The van der Waals surface area contributed by atoms with Crippen LogP contribution in [0.4, 0.5) is 11.5 Å². The molecular formula is C12H22N4S. The fourth-order valence-corrected chi connectivity index (χ4v) is 2.54. The van der Waals surface area contributed by atoms with Gasteiger partial charge in [-0.15, -0.1) is 0 Å². The molecule has 0 spiro atoms. The summed E-state index contributed by atoms with van der Waals surface area (Å²) in [6.07, 6.45) is 6.24. The van der Waals surface area contributed by atoms with Crippen LogP contribution in [-0.4, -0.2) is 22.5 Å². The lowest BCUT2D eigenvalue weighted by Crippen LogP contribution is -2.32. The molecule has 96 valence electrons.